The van der Waals surface area contributed by atoms with Crippen molar-refractivity contribution in [1.82, 2.24) is 23.9 Å². The van der Waals surface area contributed by atoms with E-state index in [4.69, 9.17) is 16.3 Å². The van der Waals surface area contributed by atoms with E-state index in [1.165, 1.54) is 16.6 Å². The Labute approximate surface area is 246 Å². The SMILES string of the molecule is CC1=Nc2cnc3cc(F)c(-c4ccc(Oc5ncccn5)cc4Cl)cc3c2[N+]1([O-])C1CCN(S(=O)(=O)C2CC2)CC1. The summed E-state index contributed by atoms with van der Waals surface area (Å²) in [6.07, 6.45) is 6.76. The molecule has 4 aromatic rings. The van der Waals surface area contributed by atoms with Gasteiger partial charge < -0.3 is 9.94 Å². The molecule has 0 bridgehead atoms. The van der Waals surface area contributed by atoms with Crippen molar-refractivity contribution < 1.29 is 17.5 Å². The number of aromatic nitrogens is 3. The van der Waals surface area contributed by atoms with E-state index in [9.17, 15) is 13.6 Å². The monoisotopic (exact) mass is 608 g/mol. The van der Waals surface area contributed by atoms with Crippen LogP contribution in [-0.4, -0.2) is 57.9 Å². The zero-order valence-electron chi connectivity index (χ0n) is 22.6. The van der Waals surface area contributed by atoms with Gasteiger partial charge in [0.1, 0.15) is 23.3 Å². The van der Waals surface area contributed by atoms with Crippen LogP contribution in [0.4, 0.5) is 15.8 Å². The second-order valence-electron chi connectivity index (χ2n) is 10.8. The lowest BCUT2D eigenvalue weighted by Gasteiger charge is -2.47. The normalized spacial score (nSPS) is 21.4. The molecule has 2 fully saturated rings. The molecule has 1 atom stereocenters. The van der Waals surface area contributed by atoms with Gasteiger partial charge in [0, 0.05) is 68.5 Å². The third-order valence-electron chi connectivity index (χ3n) is 8.23. The van der Waals surface area contributed by atoms with E-state index < -0.39 is 26.5 Å². The lowest BCUT2D eigenvalue weighted by Crippen LogP contribution is -2.58. The smallest absolute Gasteiger partial charge is 0.321 e. The first-order valence-corrected chi connectivity index (χ1v) is 15.6. The number of hydrogen-bond donors (Lipinski definition) is 0. The molecule has 4 heterocycles. The third-order valence-corrected chi connectivity index (χ3v) is 10.9. The topological polar surface area (TPSA) is 121 Å². The van der Waals surface area contributed by atoms with Crippen molar-refractivity contribution in [3.05, 3.63) is 71.0 Å². The Bertz CT molecular complexity index is 1860. The summed E-state index contributed by atoms with van der Waals surface area (Å²) in [5.41, 5.74) is 1.75. The van der Waals surface area contributed by atoms with E-state index in [1.807, 2.05) is 0 Å². The summed E-state index contributed by atoms with van der Waals surface area (Å²) in [6, 6.07) is 9.10. The number of fused-ring (bicyclic) bond motifs is 3. The number of benzene rings is 2. The number of piperidine rings is 1. The first kappa shape index (κ1) is 27.3. The van der Waals surface area contributed by atoms with Gasteiger partial charge in [-0.05, 0) is 37.1 Å². The summed E-state index contributed by atoms with van der Waals surface area (Å²) in [7, 11) is -3.32. The Morgan fingerprint density at radius 1 is 1.05 bits per heavy atom. The number of aliphatic imine (C=N–C) groups is 1. The molecule has 2 aromatic heterocycles. The molecule has 1 saturated heterocycles. The van der Waals surface area contributed by atoms with Crippen molar-refractivity contribution in [2.45, 2.75) is 43.9 Å². The summed E-state index contributed by atoms with van der Waals surface area (Å²) in [4.78, 5) is 17.0. The van der Waals surface area contributed by atoms with Crippen LogP contribution in [0, 0.1) is 11.0 Å². The minimum atomic E-state index is -3.32. The molecule has 2 aliphatic heterocycles. The summed E-state index contributed by atoms with van der Waals surface area (Å²) in [6.45, 7) is 2.26. The number of sulfonamides is 1. The highest BCUT2D eigenvalue weighted by Gasteiger charge is 2.47. The molecular formula is C29H26ClFN6O4S. The Morgan fingerprint density at radius 2 is 1.79 bits per heavy atom. The van der Waals surface area contributed by atoms with Gasteiger partial charge in [-0.2, -0.15) is 4.99 Å². The van der Waals surface area contributed by atoms with E-state index in [-0.39, 0.29) is 34.9 Å². The molecule has 1 saturated carbocycles. The molecule has 10 nitrogen and oxygen atoms in total. The third kappa shape index (κ3) is 4.45. The molecule has 0 spiro atoms. The molecule has 1 unspecified atom stereocenters. The number of quaternary nitrogens is 1. The van der Waals surface area contributed by atoms with Crippen molar-refractivity contribution in [3.8, 4) is 22.9 Å². The van der Waals surface area contributed by atoms with Crippen LogP contribution in [0.25, 0.3) is 22.0 Å². The van der Waals surface area contributed by atoms with Crippen LogP contribution in [-0.2, 0) is 10.0 Å². The van der Waals surface area contributed by atoms with Gasteiger partial charge in [0.2, 0.25) is 15.9 Å². The molecule has 1 aliphatic carbocycles. The highest BCUT2D eigenvalue weighted by atomic mass is 35.5. The molecule has 2 aromatic carbocycles. The highest BCUT2D eigenvalue weighted by molar-refractivity contribution is 7.90. The van der Waals surface area contributed by atoms with Gasteiger partial charge in [0.05, 0.1) is 27.4 Å². The number of hydroxylamine groups is 2. The second kappa shape index (κ2) is 10.0. The van der Waals surface area contributed by atoms with E-state index in [1.54, 1.807) is 49.6 Å². The van der Waals surface area contributed by atoms with Crippen LogP contribution in [0.5, 0.6) is 11.8 Å². The molecule has 0 N–H and O–H groups in total. The first-order valence-electron chi connectivity index (χ1n) is 13.7. The fourth-order valence-electron chi connectivity index (χ4n) is 5.94. The average Bonchev–Trinajstić information content (AvgIpc) is 3.81. The zero-order chi connectivity index (χ0) is 29.2. The summed E-state index contributed by atoms with van der Waals surface area (Å²) in [5, 5.41) is 15.2. The molecule has 7 rings (SSSR count). The number of nitrogens with zero attached hydrogens (tertiary/aromatic N) is 6. The second-order valence-corrected chi connectivity index (χ2v) is 13.4. The van der Waals surface area contributed by atoms with Crippen LogP contribution in [0.1, 0.15) is 32.6 Å². The molecule has 216 valence electrons. The van der Waals surface area contributed by atoms with Gasteiger partial charge in [-0.25, -0.2) is 27.1 Å². The number of pyridine rings is 1. The highest BCUT2D eigenvalue weighted by Crippen LogP contribution is 2.49. The number of ether oxygens (including phenoxy) is 1. The minimum absolute atomic E-state index is 0.149. The number of rotatable bonds is 6. The van der Waals surface area contributed by atoms with E-state index in [0.717, 1.165) is 0 Å². The lowest BCUT2D eigenvalue weighted by atomic mass is 9.98. The fraction of sp³-hybridized carbons (Fsp3) is 0.310. The first-order chi connectivity index (χ1) is 20.2. The van der Waals surface area contributed by atoms with Crippen LogP contribution in [0.15, 0.2) is 60.0 Å². The number of amidine groups is 1. The van der Waals surface area contributed by atoms with Gasteiger partial charge in [0.15, 0.2) is 5.69 Å². The summed E-state index contributed by atoms with van der Waals surface area (Å²) < 4.78 is 47.4. The van der Waals surface area contributed by atoms with Crippen LogP contribution in [0.3, 0.4) is 0 Å². The van der Waals surface area contributed by atoms with Crippen molar-refractivity contribution in [2.24, 2.45) is 4.99 Å². The number of halogens is 2. The van der Waals surface area contributed by atoms with Crippen molar-refractivity contribution >= 4 is 49.7 Å². The van der Waals surface area contributed by atoms with E-state index in [0.29, 0.717) is 65.1 Å². The minimum Gasteiger partial charge on any atom is -0.621 e. The summed E-state index contributed by atoms with van der Waals surface area (Å²) >= 11 is 6.60. The Hall–Kier alpha value is -3.55. The maximum atomic E-state index is 15.5. The molecule has 3 aliphatic rings. The van der Waals surface area contributed by atoms with Crippen molar-refractivity contribution in [2.75, 3.05) is 13.1 Å². The van der Waals surface area contributed by atoms with E-state index in [2.05, 4.69) is 19.9 Å². The van der Waals surface area contributed by atoms with Crippen LogP contribution in [0.2, 0.25) is 5.02 Å². The largest absolute Gasteiger partial charge is 0.621 e. The molecule has 13 heteroatoms. The summed E-state index contributed by atoms with van der Waals surface area (Å²) in [5.74, 6) is 0.180. The number of hydrogen-bond acceptors (Lipinski definition) is 8. The predicted octanol–water partition coefficient (Wildman–Crippen LogP) is 6.10. The lowest BCUT2D eigenvalue weighted by molar-refractivity contribution is 0.247. The zero-order valence-corrected chi connectivity index (χ0v) is 24.1. The average molecular weight is 609 g/mol. The van der Waals surface area contributed by atoms with Crippen LogP contribution >= 0.6 is 11.6 Å². The van der Waals surface area contributed by atoms with Gasteiger partial charge in [0.25, 0.3) is 0 Å². The Balaban J connectivity index is 1.25. The van der Waals surface area contributed by atoms with Gasteiger partial charge in [-0.15, -0.1) is 0 Å². The fourth-order valence-corrected chi connectivity index (χ4v) is 8.09. The van der Waals surface area contributed by atoms with Gasteiger partial charge in [-0.3, -0.25) is 9.63 Å². The maximum absolute atomic E-state index is 15.5. The molecule has 0 amide bonds. The molecule has 0 radical (unpaired) electrons. The maximum Gasteiger partial charge on any atom is 0.321 e. The van der Waals surface area contributed by atoms with Gasteiger partial charge >= 0.3 is 6.01 Å². The van der Waals surface area contributed by atoms with Crippen LogP contribution < -0.4 is 9.38 Å². The van der Waals surface area contributed by atoms with Crippen molar-refractivity contribution in [3.63, 3.8) is 0 Å². The molecular weight excluding hydrogens is 583 g/mol. The van der Waals surface area contributed by atoms with Gasteiger partial charge in [-0.1, -0.05) is 11.6 Å². The Morgan fingerprint density at radius 3 is 2.48 bits per heavy atom. The Kier molecular flexibility index (Phi) is 6.51. The van der Waals surface area contributed by atoms with E-state index >= 15 is 4.39 Å². The standard InChI is InChI=1S/C29H26ClFN6O4S/c1-17-35-27-16-34-26-15-25(31)22(21-6-3-19(13-24(21)30)41-29-32-9-2-10-33-29)14-23(26)28(27)37(17,38)18-7-11-36(12-8-18)42(39,40)20-4-5-20/h2-3,6,9-10,13-16,18,20H,4-5,7-8,11-12H2,1H3. The molecule has 42 heavy (non-hydrogen) atoms. The predicted molar refractivity (Wildman–Crippen MR) is 159 cm³/mol. The van der Waals surface area contributed by atoms with Crippen molar-refractivity contribution in [1.29, 1.82) is 0 Å². The quantitative estimate of drug-likeness (QED) is 0.191.